The molecule has 3 aromatic rings. The molecule has 9 heteroatoms. The zero-order chi connectivity index (χ0) is 19.4. The lowest BCUT2D eigenvalue weighted by molar-refractivity contribution is -0.274. The Morgan fingerprint density at radius 2 is 1.78 bits per heavy atom. The Hall–Kier alpha value is -3.36. The number of aromatic nitrogens is 3. The lowest BCUT2D eigenvalue weighted by Gasteiger charge is -2.18. The highest BCUT2D eigenvalue weighted by atomic mass is 19.4. The van der Waals surface area contributed by atoms with E-state index in [9.17, 15) is 18.0 Å². The Labute approximate surface area is 152 Å². The third-order valence-corrected chi connectivity index (χ3v) is 3.72. The lowest BCUT2D eigenvalue weighted by atomic mass is 10.1. The number of hydrogen-bond acceptors (Lipinski definition) is 4. The third-order valence-electron chi connectivity index (χ3n) is 3.72. The predicted octanol–water partition coefficient (Wildman–Crippen LogP) is 3.44. The maximum Gasteiger partial charge on any atom is 0.573 e. The van der Waals surface area contributed by atoms with Gasteiger partial charge in [-0.1, -0.05) is 12.1 Å². The van der Waals surface area contributed by atoms with E-state index in [-0.39, 0.29) is 18.2 Å². The molecule has 0 aliphatic heterocycles. The minimum atomic E-state index is -4.73. The maximum absolute atomic E-state index is 12.5. The summed E-state index contributed by atoms with van der Waals surface area (Å²) >= 11 is 0. The molecule has 0 spiro atoms. The van der Waals surface area contributed by atoms with Gasteiger partial charge in [0.1, 0.15) is 18.4 Å². The number of benzene rings is 2. The Morgan fingerprint density at radius 3 is 2.33 bits per heavy atom. The summed E-state index contributed by atoms with van der Waals surface area (Å²) in [5, 5.41) is 4.01. The quantitative estimate of drug-likeness (QED) is 0.685. The van der Waals surface area contributed by atoms with Crippen molar-refractivity contribution in [1.29, 1.82) is 0 Å². The first kappa shape index (κ1) is 18.4. The van der Waals surface area contributed by atoms with Gasteiger partial charge in [-0.05, 0) is 42.0 Å². The van der Waals surface area contributed by atoms with E-state index >= 15 is 0 Å². The van der Waals surface area contributed by atoms with Crippen LogP contribution in [0.15, 0.2) is 61.2 Å². The summed E-state index contributed by atoms with van der Waals surface area (Å²) in [5.41, 5.74) is 1.94. The number of carbonyl (C=O) groups excluding carboxylic acids is 1. The topological polar surface area (TPSA) is 60.2 Å². The fourth-order valence-electron chi connectivity index (χ4n) is 2.46. The number of carbonyl (C=O) groups is 1. The standard InChI is InChI=1S/C18H15F3N4O2/c1-24(10-13-2-8-16(9-3-13)27-18(19,20)21)17(26)14-4-6-15(7-5-14)25-12-22-11-23-25/h2-9,11-12H,10H2,1H3. The van der Waals surface area contributed by atoms with Crippen molar-refractivity contribution < 1.29 is 22.7 Å². The van der Waals surface area contributed by atoms with Gasteiger partial charge < -0.3 is 9.64 Å². The van der Waals surface area contributed by atoms with Gasteiger partial charge in [-0.25, -0.2) is 9.67 Å². The molecule has 1 heterocycles. The van der Waals surface area contributed by atoms with E-state index in [2.05, 4.69) is 14.8 Å². The normalized spacial score (nSPS) is 11.3. The predicted molar refractivity (Wildman–Crippen MR) is 90.3 cm³/mol. The van der Waals surface area contributed by atoms with E-state index in [1.807, 2.05) is 0 Å². The first-order valence-electron chi connectivity index (χ1n) is 7.87. The average Bonchev–Trinajstić information content (AvgIpc) is 3.16. The highest BCUT2D eigenvalue weighted by molar-refractivity contribution is 5.94. The van der Waals surface area contributed by atoms with Gasteiger partial charge in [0.2, 0.25) is 0 Å². The van der Waals surface area contributed by atoms with Crippen molar-refractivity contribution in [1.82, 2.24) is 19.7 Å². The van der Waals surface area contributed by atoms with E-state index in [4.69, 9.17) is 0 Å². The molecule has 0 saturated heterocycles. The largest absolute Gasteiger partial charge is 0.573 e. The van der Waals surface area contributed by atoms with Crippen LogP contribution in [0.25, 0.3) is 5.69 Å². The Kier molecular flexibility index (Phi) is 5.11. The molecule has 0 aliphatic rings. The number of hydrogen-bond donors (Lipinski definition) is 0. The number of halogens is 3. The van der Waals surface area contributed by atoms with Gasteiger partial charge in [0, 0.05) is 19.2 Å². The van der Waals surface area contributed by atoms with Gasteiger partial charge in [0.05, 0.1) is 5.69 Å². The van der Waals surface area contributed by atoms with Gasteiger partial charge >= 0.3 is 6.36 Å². The minimum Gasteiger partial charge on any atom is -0.406 e. The van der Waals surface area contributed by atoms with Crippen LogP contribution in [0.4, 0.5) is 13.2 Å². The van der Waals surface area contributed by atoms with Crippen LogP contribution >= 0.6 is 0 Å². The first-order valence-corrected chi connectivity index (χ1v) is 7.87. The van der Waals surface area contributed by atoms with Crippen molar-refractivity contribution in [3.63, 3.8) is 0 Å². The molecule has 1 aromatic heterocycles. The molecule has 140 valence electrons. The van der Waals surface area contributed by atoms with Crippen molar-refractivity contribution in [3.8, 4) is 11.4 Å². The summed E-state index contributed by atoms with van der Waals surface area (Å²) in [6.07, 6.45) is -1.76. The van der Waals surface area contributed by atoms with Crippen molar-refractivity contribution >= 4 is 5.91 Å². The molecular weight excluding hydrogens is 361 g/mol. The van der Waals surface area contributed by atoms with Crippen LogP contribution < -0.4 is 4.74 Å². The van der Waals surface area contributed by atoms with Crippen molar-refractivity contribution in [2.75, 3.05) is 7.05 Å². The number of alkyl halides is 3. The molecular formula is C18H15F3N4O2. The molecule has 0 radical (unpaired) electrons. The van der Waals surface area contributed by atoms with Gasteiger partial charge in [-0.3, -0.25) is 4.79 Å². The Morgan fingerprint density at radius 1 is 1.11 bits per heavy atom. The molecule has 27 heavy (non-hydrogen) atoms. The number of rotatable bonds is 5. The monoisotopic (exact) mass is 376 g/mol. The molecule has 2 aromatic carbocycles. The minimum absolute atomic E-state index is 0.212. The van der Waals surface area contributed by atoms with Crippen LogP contribution in [0.5, 0.6) is 5.75 Å². The summed E-state index contributed by atoms with van der Waals surface area (Å²) in [4.78, 5) is 17.9. The van der Waals surface area contributed by atoms with Gasteiger partial charge in [-0.15, -0.1) is 13.2 Å². The highest BCUT2D eigenvalue weighted by Crippen LogP contribution is 2.23. The number of nitrogens with zero attached hydrogens (tertiary/aromatic N) is 4. The van der Waals surface area contributed by atoms with Crippen LogP contribution in [0, 0.1) is 0 Å². The van der Waals surface area contributed by atoms with Crippen LogP contribution in [-0.2, 0) is 6.54 Å². The molecule has 1 amide bonds. The Balaban J connectivity index is 1.63. The lowest BCUT2D eigenvalue weighted by Crippen LogP contribution is -2.26. The van der Waals surface area contributed by atoms with Crippen molar-refractivity contribution in [2.45, 2.75) is 12.9 Å². The van der Waals surface area contributed by atoms with Crippen molar-refractivity contribution in [3.05, 3.63) is 72.3 Å². The summed E-state index contributed by atoms with van der Waals surface area (Å²) in [6.45, 7) is 0.246. The Bertz CT molecular complexity index is 892. The SMILES string of the molecule is CN(Cc1ccc(OC(F)(F)F)cc1)C(=O)c1ccc(-n2cncn2)cc1. The van der Waals surface area contributed by atoms with E-state index in [1.165, 1.54) is 35.5 Å². The van der Waals surface area contributed by atoms with Crippen LogP contribution in [0.2, 0.25) is 0 Å². The van der Waals surface area contributed by atoms with Crippen molar-refractivity contribution in [2.24, 2.45) is 0 Å². The van der Waals surface area contributed by atoms with E-state index in [0.717, 1.165) is 5.69 Å². The van der Waals surface area contributed by atoms with Crippen LogP contribution in [-0.4, -0.2) is 39.0 Å². The zero-order valence-electron chi connectivity index (χ0n) is 14.2. The van der Waals surface area contributed by atoms with E-state index in [1.54, 1.807) is 42.3 Å². The smallest absolute Gasteiger partial charge is 0.406 e. The van der Waals surface area contributed by atoms with Crippen LogP contribution in [0.3, 0.4) is 0 Å². The second-order valence-electron chi connectivity index (χ2n) is 5.74. The molecule has 0 unspecified atom stereocenters. The molecule has 6 nitrogen and oxygen atoms in total. The second-order valence-corrected chi connectivity index (χ2v) is 5.74. The first-order chi connectivity index (χ1) is 12.8. The highest BCUT2D eigenvalue weighted by Gasteiger charge is 2.30. The number of ether oxygens (including phenoxy) is 1. The van der Waals surface area contributed by atoms with E-state index < -0.39 is 6.36 Å². The zero-order valence-corrected chi connectivity index (χ0v) is 14.2. The number of amides is 1. The maximum atomic E-state index is 12.5. The second kappa shape index (κ2) is 7.48. The molecule has 0 atom stereocenters. The van der Waals surface area contributed by atoms with Gasteiger partial charge in [0.25, 0.3) is 5.91 Å². The van der Waals surface area contributed by atoms with Crippen LogP contribution in [0.1, 0.15) is 15.9 Å². The molecule has 0 fully saturated rings. The fraction of sp³-hybridized carbons (Fsp3) is 0.167. The molecule has 0 aliphatic carbocycles. The molecule has 3 rings (SSSR count). The van der Waals surface area contributed by atoms with Gasteiger partial charge in [-0.2, -0.15) is 5.10 Å². The molecule has 0 bridgehead atoms. The molecule has 0 N–H and O–H groups in total. The summed E-state index contributed by atoms with van der Waals surface area (Å²) in [7, 11) is 1.62. The third kappa shape index (κ3) is 4.84. The van der Waals surface area contributed by atoms with E-state index in [0.29, 0.717) is 11.1 Å². The summed E-state index contributed by atoms with van der Waals surface area (Å²) in [5.74, 6) is -0.514. The summed E-state index contributed by atoms with van der Waals surface area (Å²) < 4.78 is 41.9. The average molecular weight is 376 g/mol. The summed E-state index contributed by atoms with van der Waals surface area (Å²) in [6, 6.07) is 12.3. The fourth-order valence-corrected chi connectivity index (χ4v) is 2.46. The van der Waals surface area contributed by atoms with Gasteiger partial charge in [0.15, 0.2) is 0 Å². The molecule has 0 saturated carbocycles.